The van der Waals surface area contributed by atoms with E-state index in [1.807, 2.05) is 0 Å². The van der Waals surface area contributed by atoms with E-state index in [9.17, 15) is 29.4 Å². The Morgan fingerprint density at radius 2 is 1.12 bits per heavy atom. The summed E-state index contributed by atoms with van der Waals surface area (Å²) in [6.07, 6.45) is -0.321. The Kier molecular flexibility index (Phi) is 8.92. The molecule has 26 heavy (non-hydrogen) atoms. The molecule has 0 spiro atoms. The van der Waals surface area contributed by atoms with Gasteiger partial charge in [0, 0.05) is 12.1 Å². The lowest BCUT2D eigenvalue weighted by Gasteiger charge is -2.36. The highest BCUT2D eigenvalue weighted by atomic mass is 16.4. The Morgan fingerprint density at radius 1 is 0.769 bits per heavy atom. The molecule has 1 fully saturated rings. The number of rotatable bonds is 8. The van der Waals surface area contributed by atoms with Crippen LogP contribution in [0, 0.1) is 0 Å². The van der Waals surface area contributed by atoms with E-state index >= 15 is 0 Å². The highest BCUT2D eigenvalue weighted by Crippen LogP contribution is 2.19. The van der Waals surface area contributed by atoms with Gasteiger partial charge in [-0.2, -0.15) is 0 Å². The summed E-state index contributed by atoms with van der Waals surface area (Å²) in [5.74, 6) is -1.82. The van der Waals surface area contributed by atoms with Crippen LogP contribution in [-0.4, -0.2) is 81.8 Å². The summed E-state index contributed by atoms with van der Waals surface area (Å²) in [4.78, 5) is 44.7. The third-order valence-corrected chi connectivity index (χ3v) is 4.05. The van der Waals surface area contributed by atoms with Gasteiger partial charge in [-0.15, -0.1) is 0 Å². The molecule has 0 unspecified atom stereocenters. The van der Waals surface area contributed by atoms with Gasteiger partial charge in [0.05, 0.1) is 13.2 Å². The Bertz CT molecular complexity index is 483. The van der Waals surface area contributed by atoms with Crippen LogP contribution in [0.15, 0.2) is 0 Å². The zero-order valence-corrected chi connectivity index (χ0v) is 14.0. The maximum atomic E-state index is 11.8. The number of hydrogen-bond acceptors (Lipinski definition) is 8. The van der Waals surface area contributed by atoms with Crippen LogP contribution >= 0.6 is 0 Å². The Balaban J connectivity index is 2.75. The van der Waals surface area contributed by atoms with Gasteiger partial charge in [0.25, 0.3) is 0 Å². The average Bonchev–Trinajstić information content (AvgIpc) is 2.56. The highest BCUT2D eigenvalue weighted by Gasteiger charge is 2.32. The number of aliphatic hydroxyl groups is 2. The molecule has 4 atom stereocenters. The molecular weight excluding hydrogens is 352 g/mol. The first kappa shape index (κ1) is 21.8. The molecule has 12 heteroatoms. The zero-order valence-electron chi connectivity index (χ0n) is 14.0. The van der Waals surface area contributed by atoms with Crippen LogP contribution in [0.25, 0.3) is 0 Å². The first-order valence-corrected chi connectivity index (χ1v) is 8.09. The highest BCUT2D eigenvalue weighted by molar-refractivity contribution is 5.94. The zero-order chi connectivity index (χ0) is 19.7. The van der Waals surface area contributed by atoms with Crippen molar-refractivity contribution in [2.75, 3.05) is 13.2 Å². The molecule has 1 aliphatic carbocycles. The van der Waals surface area contributed by atoms with E-state index in [4.69, 9.17) is 10.2 Å². The average molecular weight is 376 g/mol. The lowest BCUT2D eigenvalue weighted by atomic mass is 9.89. The Labute approximate surface area is 149 Å². The summed E-state index contributed by atoms with van der Waals surface area (Å²) in [5, 5.41) is 44.9. The third-order valence-electron chi connectivity index (χ3n) is 4.05. The molecule has 0 aromatic rings. The number of aliphatic hydroxyl groups excluding tert-OH is 2. The standard InChI is InChI=1S/C14H24N4O8/c19-5-9(11(21)17-13(23)24)15-7-3-1-2-4-8(7)16-10(6-20)12(22)18-14(25)26/h7-10,15-16,19-20H,1-6H2,(H,17,21)(H,18,22)(H,23,24)(H,25,26)/t7-,8-,9-,10+/m1/s1. The summed E-state index contributed by atoms with van der Waals surface area (Å²) in [6, 6.07) is -3.13. The van der Waals surface area contributed by atoms with Gasteiger partial charge in [-0.1, -0.05) is 12.8 Å². The molecule has 1 rings (SSSR count). The molecule has 0 radical (unpaired) electrons. The third kappa shape index (κ3) is 6.92. The van der Waals surface area contributed by atoms with Crippen molar-refractivity contribution in [2.45, 2.75) is 49.9 Å². The van der Waals surface area contributed by atoms with Gasteiger partial charge in [-0.3, -0.25) is 30.9 Å². The second kappa shape index (κ2) is 10.7. The molecule has 1 saturated carbocycles. The van der Waals surface area contributed by atoms with Crippen molar-refractivity contribution in [3.8, 4) is 0 Å². The number of nitrogens with one attached hydrogen (secondary N) is 4. The van der Waals surface area contributed by atoms with Crippen molar-refractivity contribution < 1.29 is 39.6 Å². The molecular formula is C14H24N4O8. The molecule has 8 N–H and O–H groups in total. The quantitative estimate of drug-likeness (QED) is 0.230. The maximum Gasteiger partial charge on any atom is 0.411 e. The van der Waals surface area contributed by atoms with Crippen LogP contribution in [0.2, 0.25) is 0 Å². The van der Waals surface area contributed by atoms with Gasteiger partial charge >= 0.3 is 12.2 Å². The van der Waals surface area contributed by atoms with Crippen LogP contribution in [-0.2, 0) is 9.59 Å². The Hall–Kier alpha value is -2.28. The van der Waals surface area contributed by atoms with Crippen molar-refractivity contribution in [3.05, 3.63) is 0 Å². The minimum atomic E-state index is -1.54. The van der Waals surface area contributed by atoms with Gasteiger partial charge in [0.2, 0.25) is 11.8 Å². The molecule has 4 amide bonds. The van der Waals surface area contributed by atoms with Crippen LogP contribution < -0.4 is 21.3 Å². The summed E-state index contributed by atoms with van der Waals surface area (Å²) in [7, 11) is 0. The van der Waals surface area contributed by atoms with Crippen LogP contribution in [0.1, 0.15) is 25.7 Å². The lowest BCUT2D eigenvalue weighted by Crippen LogP contribution is -2.61. The predicted octanol–water partition coefficient (Wildman–Crippen LogP) is -2.21. The van der Waals surface area contributed by atoms with E-state index in [1.165, 1.54) is 0 Å². The van der Waals surface area contributed by atoms with Crippen LogP contribution in [0.3, 0.4) is 0 Å². The molecule has 148 valence electrons. The molecule has 1 aliphatic rings. The minimum absolute atomic E-state index is 0.396. The number of carbonyl (C=O) groups excluding carboxylic acids is 2. The molecule has 0 aliphatic heterocycles. The molecule has 12 nitrogen and oxygen atoms in total. The second-order valence-electron chi connectivity index (χ2n) is 5.89. The molecule has 0 aromatic heterocycles. The summed E-state index contributed by atoms with van der Waals surface area (Å²) in [5.41, 5.74) is 0. The Morgan fingerprint density at radius 3 is 1.38 bits per heavy atom. The fourth-order valence-electron chi connectivity index (χ4n) is 2.85. The van der Waals surface area contributed by atoms with Crippen molar-refractivity contribution >= 4 is 24.0 Å². The number of carbonyl (C=O) groups is 4. The van der Waals surface area contributed by atoms with Crippen LogP contribution in [0.5, 0.6) is 0 Å². The predicted molar refractivity (Wildman–Crippen MR) is 86.4 cm³/mol. The number of amides is 4. The van der Waals surface area contributed by atoms with Crippen molar-refractivity contribution in [1.82, 2.24) is 21.3 Å². The van der Waals surface area contributed by atoms with Gasteiger partial charge in [0.15, 0.2) is 0 Å². The smallest absolute Gasteiger partial charge is 0.411 e. The fourth-order valence-corrected chi connectivity index (χ4v) is 2.85. The van der Waals surface area contributed by atoms with Crippen molar-refractivity contribution in [2.24, 2.45) is 0 Å². The number of hydrogen-bond donors (Lipinski definition) is 8. The lowest BCUT2D eigenvalue weighted by molar-refractivity contribution is -0.125. The first-order chi connectivity index (χ1) is 12.3. The van der Waals surface area contributed by atoms with Gasteiger partial charge in [0.1, 0.15) is 12.1 Å². The van der Waals surface area contributed by atoms with Gasteiger partial charge in [-0.25, -0.2) is 9.59 Å². The summed E-state index contributed by atoms with van der Waals surface area (Å²) < 4.78 is 0. The molecule has 0 bridgehead atoms. The van der Waals surface area contributed by atoms with Gasteiger partial charge in [-0.05, 0) is 12.8 Å². The van der Waals surface area contributed by atoms with Crippen molar-refractivity contribution in [3.63, 3.8) is 0 Å². The van der Waals surface area contributed by atoms with Crippen LogP contribution in [0.4, 0.5) is 9.59 Å². The first-order valence-electron chi connectivity index (χ1n) is 8.09. The van der Waals surface area contributed by atoms with E-state index in [-0.39, 0.29) is 0 Å². The monoisotopic (exact) mass is 376 g/mol. The van der Waals surface area contributed by atoms with E-state index in [0.29, 0.717) is 12.8 Å². The van der Waals surface area contributed by atoms with Crippen molar-refractivity contribution in [1.29, 1.82) is 0 Å². The summed E-state index contributed by atoms with van der Waals surface area (Å²) in [6.45, 7) is -1.27. The topological polar surface area (TPSA) is 197 Å². The largest absolute Gasteiger partial charge is 0.465 e. The van der Waals surface area contributed by atoms with E-state index in [2.05, 4.69) is 10.6 Å². The number of carboxylic acid groups (broad SMARTS) is 2. The fraction of sp³-hybridized carbons (Fsp3) is 0.714. The molecule has 0 saturated heterocycles. The second-order valence-corrected chi connectivity index (χ2v) is 5.89. The number of imide groups is 2. The maximum absolute atomic E-state index is 11.8. The van der Waals surface area contributed by atoms with Gasteiger partial charge < -0.3 is 20.4 Å². The SMILES string of the molecule is O=C(O)NC(=O)[C@H](CO)N[C@@H]1CCCC[C@H]1N[C@H](CO)C(=O)NC(=O)O. The van der Waals surface area contributed by atoms with E-state index in [0.717, 1.165) is 12.8 Å². The van der Waals surface area contributed by atoms with E-state index in [1.54, 1.807) is 10.6 Å². The normalized spacial score (nSPS) is 22.1. The molecule has 0 aromatic carbocycles. The summed E-state index contributed by atoms with van der Waals surface area (Å²) >= 11 is 0. The minimum Gasteiger partial charge on any atom is -0.465 e. The van der Waals surface area contributed by atoms with E-state index < -0.39 is 61.4 Å². The molecule has 0 heterocycles.